The van der Waals surface area contributed by atoms with Gasteiger partial charge in [0, 0.05) is 11.8 Å². The molecular weight excluding hydrogens is 397 g/mol. The second-order valence-corrected chi connectivity index (χ2v) is 6.37. The molecule has 0 bridgehead atoms. The number of hydrogen-bond donors (Lipinski definition) is 0. The largest absolute Gasteiger partial charge is 0.486 e. The number of alkyl halides is 3. The number of aryl methyl sites for hydroxylation is 1. The van der Waals surface area contributed by atoms with E-state index in [9.17, 15) is 13.2 Å². The summed E-state index contributed by atoms with van der Waals surface area (Å²) in [6, 6.07) is 9.45. The standard InChI is InChI=1S/C20H15F3N6O/c1-13-5-4-6-16(20(21,22)23)15(13)12-30-14-9-25-19(26-10-14)29-11-18(27-28-29)17-7-2-3-8-24-17/h2-11H,12H2,1H3. The molecule has 0 aliphatic rings. The van der Waals surface area contributed by atoms with Crippen LogP contribution in [0.15, 0.2) is 61.2 Å². The first kappa shape index (κ1) is 19.5. The predicted octanol–water partition coefficient (Wildman–Crippen LogP) is 4.03. The lowest BCUT2D eigenvalue weighted by Gasteiger charge is -2.15. The van der Waals surface area contributed by atoms with Gasteiger partial charge in [-0.15, -0.1) is 5.10 Å². The molecule has 0 N–H and O–H groups in total. The van der Waals surface area contributed by atoms with Crippen molar-refractivity contribution in [2.45, 2.75) is 19.7 Å². The normalized spacial score (nSPS) is 11.5. The van der Waals surface area contributed by atoms with E-state index in [-0.39, 0.29) is 23.9 Å². The number of aromatic nitrogens is 6. The molecule has 0 fully saturated rings. The van der Waals surface area contributed by atoms with Crippen molar-refractivity contribution >= 4 is 0 Å². The highest BCUT2D eigenvalue weighted by Gasteiger charge is 2.33. The van der Waals surface area contributed by atoms with Crippen LogP contribution in [-0.2, 0) is 12.8 Å². The van der Waals surface area contributed by atoms with E-state index < -0.39 is 11.7 Å². The summed E-state index contributed by atoms with van der Waals surface area (Å²) in [4.78, 5) is 12.5. The van der Waals surface area contributed by atoms with E-state index in [1.165, 1.54) is 23.1 Å². The van der Waals surface area contributed by atoms with Crippen LogP contribution < -0.4 is 4.74 Å². The van der Waals surface area contributed by atoms with E-state index >= 15 is 0 Å². The Kier molecular flexibility index (Phi) is 5.13. The Labute approximate surface area is 169 Å². The van der Waals surface area contributed by atoms with Gasteiger partial charge in [0.1, 0.15) is 12.3 Å². The molecule has 1 aromatic carbocycles. The number of benzene rings is 1. The topological polar surface area (TPSA) is 78.6 Å². The molecular formula is C20H15F3N6O. The smallest absolute Gasteiger partial charge is 0.416 e. The molecule has 4 rings (SSSR count). The number of halogens is 3. The van der Waals surface area contributed by atoms with Gasteiger partial charge in [-0.1, -0.05) is 23.4 Å². The maximum absolute atomic E-state index is 13.2. The average Bonchev–Trinajstić information content (AvgIpc) is 3.23. The second kappa shape index (κ2) is 7.90. The molecule has 0 unspecified atom stereocenters. The molecule has 0 saturated carbocycles. The molecule has 0 saturated heterocycles. The first-order valence-electron chi connectivity index (χ1n) is 8.86. The van der Waals surface area contributed by atoms with Crippen LogP contribution >= 0.6 is 0 Å². The molecule has 10 heteroatoms. The molecule has 0 spiro atoms. The lowest BCUT2D eigenvalue weighted by atomic mass is 10.0. The second-order valence-electron chi connectivity index (χ2n) is 6.37. The highest BCUT2D eigenvalue weighted by atomic mass is 19.4. The van der Waals surface area contributed by atoms with E-state index in [2.05, 4.69) is 25.3 Å². The molecule has 0 atom stereocenters. The zero-order valence-corrected chi connectivity index (χ0v) is 15.7. The predicted molar refractivity (Wildman–Crippen MR) is 101 cm³/mol. The Morgan fingerprint density at radius 1 is 0.967 bits per heavy atom. The van der Waals surface area contributed by atoms with Crippen LogP contribution in [0.5, 0.6) is 5.75 Å². The summed E-state index contributed by atoms with van der Waals surface area (Å²) in [5, 5.41) is 8.01. The Hall–Kier alpha value is -3.82. The van der Waals surface area contributed by atoms with Gasteiger partial charge in [0.25, 0.3) is 5.95 Å². The fourth-order valence-corrected chi connectivity index (χ4v) is 2.81. The van der Waals surface area contributed by atoms with Gasteiger partial charge in [-0.2, -0.15) is 17.9 Å². The maximum atomic E-state index is 13.2. The van der Waals surface area contributed by atoms with Gasteiger partial charge in [-0.25, -0.2) is 9.97 Å². The molecule has 0 radical (unpaired) electrons. The molecule has 0 aliphatic carbocycles. The molecule has 4 aromatic rings. The van der Waals surface area contributed by atoms with E-state index in [0.717, 1.165) is 6.07 Å². The van der Waals surface area contributed by atoms with Crippen LogP contribution in [0.3, 0.4) is 0 Å². The molecule has 152 valence electrons. The summed E-state index contributed by atoms with van der Waals surface area (Å²) < 4.78 is 46.5. The van der Waals surface area contributed by atoms with Crippen molar-refractivity contribution < 1.29 is 17.9 Å². The molecule has 3 heterocycles. The number of pyridine rings is 1. The van der Waals surface area contributed by atoms with Gasteiger partial charge in [0.2, 0.25) is 0 Å². The van der Waals surface area contributed by atoms with Gasteiger partial charge in [0.15, 0.2) is 5.75 Å². The van der Waals surface area contributed by atoms with Gasteiger partial charge in [-0.05, 0) is 30.7 Å². The van der Waals surface area contributed by atoms with Crippen molar-refractivity contribution in [1.82, 2.24) is 29.9 Å². The Balaban J connectivity index is 1.49. The molecule has 0 amide bonds. The Morgan fingerprint density at radius 2 is 1.77 bits per heavy atom. The fourth-order valence-electron chi connectivity index (χ4n) is 2.81. The van der Waals surface area contributed by atoms with Crippen molar-refractivity contribution in [2.24, 2.45) is 0 Å². The van der Waals surface area contributed by atoms with E-state index in [0.29, 0.717) is 17.0 Å². The van der Waals surface area contributed by atoms with Crippen LogP contribution in [0.25, 0.3) is 17.3 Å². The zero-order chi connectivity index (χ0) is 21.1. The average molecular weight is 412 g/mol. The van der Waals surface area contributed by atoms with Crippen molar-refractivity contribution in [3.05, 3.63) is 77.9 Å². The zero-order valence-electron chi connectivity index (χ0n) is 15.7. The minimum atomic E-state index is -4.45. The fraction of sp³-hybridized carbons (Fsp3) is 0.150. The first-order valence-corrected chi connectivity index (χ1v) is 8.86. The molecule has 3 aromatic heterocycles. The molecule has 0 aliphatic heterocycles. The van der Waals surface area contributed by atoms with E-state index in [1.54, 1.807) is 37.5 Å². The highest BCUT2D eigenvalue weighted by molar-refractivity contribution is 5.51. The number of rotatable bonds is 5. The van der Waals surface area contributed by atoms with Crippen LogP contribution in [0.1, 0.15) is 16.7 Å². The van der Waals surface area contributed by atoms with Gasteiger partial charge >= 0.3 is 6.18 Å². The lowest BCUT2D eigenvalue weighted by molar-refractivity contribution is -0.138. The van der Waals surface area contributed by atoms with Crippen LogP contribution in [-0.4, -0.2) is 29.9 Å². The SMILES string of the molecule is Cc1cccc(C(F)(F)F)c1COc1cnc(-n2cc(-c3ccccn3)nn2)nc1. The van der Waals surface area contributed by atoms with Gasteiger partial charge in [0.05, 0.1) is 29.8 Å². The first-order chi connectivity index (χ1) is 14.4. The number of ether oxygens (including phenoxy) is 1. The van der Waals surface area contributed by atoms with Crippen molar-refractivity contribution in [3.63, 3.8) is 0 Å². The van der Waals surface area contributed by atoms with Crippen molar-refractivity contribution in [3.8, 4) is 23.1 Å². The molecule has 30 heavy (non-hydrogen) atoms. The minimum Gasteiger partial charge on any atom is -0.486 e. The monoisotopic (exact) mass is 412 g/mol. The lowest BCUT2D eigenvalue weighted by Crippen LogP contribution is -2.12. The van der Waals surface area contributed by atoms with E-state index in [4.69, 9.17) is 4.74 Å². The maximum Gasteiger partial charge on any atom is 0.416 e. The molecule has 7 nitrogen and oxygen atoms in total. The third kappa shape index (κ3) is 4.12. The Bertz CT molecular complexity index is 1140. The summed E-state index contributed by atoms with van der Waals surface area (Å²) in [5.74, 6) is 0.476. The van der Waals surface area contributed by atoms with Crippen LogP contribution in [0, 0.1) is 6.92 Å². The summed E-state index contributed by atoms with van der Waals surface area (Å²) in [6.07, 6.45) is 1.56. The third-order valence-corrected chi connectivity index (χ3v) is 4.34. The minimum absolute atomic E-state index is 0.0744. The van der Waals surface area contributed by atoms with Gasteiger partial charge < -0.3 is 4.74 Å². The van der Waals surface area contributed by atoms with Crippen LogP contribution in [0.2, 0.25) is 0 Å². The van der Waals surface area contributed by atoms with Crippen LogP contribution in [0.4, 0.5) is 13.2 Å². The summed E-state index contributed by atoms with van der Waals surface area (Å²) in [6.45, 7) is 1.36. The number of hydrogen-bond acceptors (Lipinski definition) is 6. The summed E-state index contributed by atoms with van der Waals surface area (Å²) in [7, 11) is 0. The quantitative estimate of drug-likeness (QED) is 0.493. The summed E-state index contributed by atoms with van der Waals surface area (Å²) in [5.41, 5.74) is 1.06. The third-order valence-electron chi connectivity index (χ3n) is 4.34. The van der Waals surface area contributed by atoms with Gasteiger partial charge in [-0.3, -0.25) is 4.98 Å². The van der Waals surface area contributed by atoms with Crippen molar-refractivity contribution in [2.75, 3.05) is 0 Å². The highest BCUT2D eigenvalue weighted by Crippen LogP contribution is 2.33. The number of nitrogens with zero attached hydrogens (tertiary/aromatic N) is 6. The summed E-state index contributed by atoms with van der Waals surface area (Å²) >= 11 is 0. The van der Waals surface area contributed by atoms with Crippen molar-refractivity contribution in [1.29, 1.82) is 0 Å². The Morgan fingerprint density at radius 3 is 2.47 bits per heavy atom. The van der Waals surface area contributed by atoms with E-state index in [1.807, 2.05) is 6.07 Å².